The van der Waals surface area contributed by atoms with Gasteiger partial charge >= 0.3 is 0 Å². The second-order valence-electron chi connectivity index (χ2n) is 4.43. The van der Waals surface area contributed by atoms with Crippen molar-refractivity contribution in [3.05, 3.63) is 70.9 Å². The Morgan fingerprint density at radius 1 is 1.05 bits per heavy atom. The van der Waals surface area contributed by atoms with Gasteiger partial charge in [0.1, 0.15) is 0 Å². The SMILES string of the molecule is N#CC(c1ccc(Cl)cc1)c1cnnc2ccccc12. The highest BCUT2D eigenvalue weighted by Gasteiger charge is 2.16. The summed E-state index contributed by atoms with van der Waals surface area (Å²) >= 11 is 5.90. The molecule has 0 radical (unpaired) electrons. The van der Waals surface area contributed by atoms with Crippen LogP contribution in [0.1, 0.15) is 17.0 Å². The number of halogens is 1. The van der Waals surface area contributed by atoms with Crippen LogP contribution in [0.5, 0.6) is 0 Å². The van der Waals surface area contributed by atoms with Crippen LogP contribution >= 0.6 is 11.6 Å². The summed E-state index contributed by atoms with van der Waals surface area (Å²) in [6.07, 6.45) is 1.66. The third-order valence-corrected chi connectivity index (χ3v) is 3.47. The Morgan fingerprint density at radius 3 is 2.55 bits per heavy atom. The highest BCUT2D eigenvalue weighted by atomic mass is 35.5. The van der Waals surface area contributed by atoms with E-state index >= 15 is 0 Å². The predicted molar refractivity (Wildman–Crippen MR) is 78.4 cm³/mol. The van der Waals surface area contributed by atoms with Crippen molar-refractivity contribution < 1.29 is 0 Å². The first kappa shape index (κ1) is 12.6. The Balaban J connectivity index is 2.17. The molecule has 1 unspecified atom stereocenters. The van der Waals surface area contributed by atoms with Gasteiger partial charge in [-0.3, -0.25) is 0 Å². The molecule has 0 aliphatic heterocycles. The first-order valence-corrected chi connectivity index (χ1v) is 6.53. The first-order valence-electron chi connectivity index (χ1n) is 6.15. The van der Waals surface area contributed by atoms with Gasteiger partial charge in [0, 0.05) is 16.0 Å². The Labute approximate surface area is 121 Å². The molecule has 3 nitrogen and oxygen atoms in total. The van der Waals surface area contributed by atoms with E-state index in [1.807, 2.05) is 36.4 Å². The molecule has 0 bridgehead atoms. The van der Waals surface area contributed by atoms with Gasteiger partial charge in [-0.05, 0) is 23.8 Å². The van der Waals surface area contributed by atoms with Crippen LogP contribution in [0.15, 0.2) is 54.7 Å². The highest BCUT2D eigenvalue weighted by Crippen LogP contribution is 2.29. The molecule has 2 aromatic carbocycles. The molecule has 3 aromatic rings. The largest absolute Gasteiger partial charge is 0.197 e. The molecule has 0 amide bonds. The van der Waals surface area contributed by atoms with Crippen molar-refractivity contribution in [2.45, 2.75) is 5.92 Å². The van der Waals surface area contributed by atoms with Gasteiger partial charge in [0.15, 0.2) is 0 Å². The van der Waals surface area contributed by atoms with Crippen LogP contribution in [0.25, 0.3) is 10.9 Å². The molecule has 0 saturated carbocycles. The van der Waals surface area contributed by atoms with E-state index in [4.69, 9.17) is 11.6 Å². The fraction of sp³-hybridized carbons (Fsp3) is 0.0625. The number of benzene rings is 2. The van der Waals surface area contributed by atoms with Crippen LogP contribution in [0.3, 0.4) is 0 Å². The lowest BCUT2D eigenvalue weighted by Crippen LogP contribution is -2.01. The van der Waals surface area contributed by atoms with Crippen LogP contribution in [0.4, 0.5) is 0 Å². The van der Waals surface area contributed by atoms with Gasteiger partial charge in [-0.15, -0.1) is 0 Å². The van der Waals surface area contributed by atoms with E-state index in [9.17, 15) is 5.26 Å². The van der Waals surface area contributed by atoms with Crippen molar-refractivity contribution in [3.8, 4) is 6.07 Å². The third kappa shape index (κ3) is 2.22. The van der Waals surface area contributed by atoms with Crippen LogP contribution in [0, 0.1) is 11.3 Å². The van der Waals surface area contributed by atoms with Crippen LogP contribution in [-0.2, 0) is 0 Å². The summed E-state index contributed by atoms with van der Waals surface area (Å²) < 4.78 is 0. The minimum Gasteiger partial charge on any atom is -0.197 e. The second kappa shape index (κ2) is 5.28. The Morgan fingerprint density at radius 2 is 1.80 bits per heavy atom. The standard InChI is InChI=1S/C16H10ClN3/c17-12-7-5-11(6-8-12)14(9-18)15-10-19-20-16-4-2-1-3-13(15)16/h1-8,10,14H. The topological polar surface area (TPSA) is 49.6 Å². The summed E-state index contributed by atoms with van der Waals surface area (Å²) in [6.45, 7) is 0. The maximum absolute atomic E-state index is 9.53. The zero-order chi connectivity index (χ0) is 13.9. The van der Waals surface area contributed by atoms with Crippen molar-refractivity contribution >= 4 is 22.5 Å². The summed E-state index contributed by atoms with van der Waals surface area (Å²) in [5, 5.41) is 19.2. The molecule has 3 rings (SSSR count). The van der Waals surface area contributed by atoms with E-state index in [1.54, 1.807) is 18.3 Å². The van der Waals surface area contributed by atoms with Crippen molar-refractivity contribution in [3.63, 3.8) is 0 Å². The minimum atomic E-state index is -0.382. The van der Waals surface area contributed by atoms with E-state index in [1.165, 1.54) is 0 Å². The maximum Gasteiger partial charge on any atom is 0.0984 e. The third-order valence-electron chi connectivity index (χ3n) is 3.22. The van der Waals surface area contributed by atoms with E-state index in [-0.39, 0.29) is 5.92 Å². The Kier molecular flexibility index (Phi) is 3.32. The number of nitriles is 1. The average molecular weight is 280 g/mol. The van der Waals surface area contributed by atoms with Gasteiger partial charge < -0.3 is 0 Å². The second-order valence-corrected chi connectivity index (χ2v) is 4.87. The zero-order valence-electron chi connectivity index (χ0n) is 10.5. The lowest BCUT2D eigenvalue weighted by Gasteiger charge is -2.11. The molecular formula is C16H10ClN3. The molecule has 0 saturated heterocycles. The number of rotatable bonds is 2. The highest BCUT2D eigenvalue weighted by molar-refractivity contribution is 6.30. The van der Waals surface area contributed by atoms with Crippen molar-refractivity contribution in [1.82, 2.24) is 10.2 Å². The molecule has 0 aliphatic rings. The molecule has 96 valence electrons. The predicted octanol–water partition coefficient (Wildman–Crippen LogP) is 3.94. The summed E-state index contributed by atoms with van der Waals surface area (Å²) in [4.78, 5) is 0. The molecule has 0 spiro atoms. The van der Waals surface area contributed by atoms with Gasteiger partial charge in [-0.25, -0.2) is 0 Å². The van der Waals surface area contributed by atoms with Crippen LogP contribution in [0.2, 0.25) is 5.02 Å². The molecule has 0 N–H and O–H groups in total. The fourth-order valence-corrected chi connectivity index (χ4v) is 2.36. The summed E-state index contributed by atoms with van der Waals surface area (Å²) in [7, 11) is 0. The summed E-state index contributed by atoms with van der Waals surface area (Å²) in [5.41, 5.74) is 2.55. The van der Waals surface area contributed by atoms with E-state index in [2.05, 4.69) is 16.3 Å². The first-order chi connectivity index (χ1) is 9.79. The van der Waals surface area contributed by atoms with Crippen molar-refractivity contribution in [1.29, 1.82) is 5.26 Å². The van der Waals surface area contributed by atoms with Crippen LogP contribution in [-0.4, -0.2) is 10.2 Å². The van der Waals surface area contributed by atoms with E-state index in [0.717, 1.165) is 22.0 Å². The Bertz CT molecular complexity index is 785. The van der Waals surface area contributed by atoms with Gasteiger partial charge in [0.05, 0.1) is 23.7 Å². The van der Waals surface area contributed by atoms with Gasteiger partial charge in [0.25, 0.3) is 0 Å². The van der Waals surface area contributed by atoms with Crippen molar-refractivity contribution in [2.24, 2.45) is 0 Å². The lowest BCUT2D eigenvalue weighted by atomic mass is 9.91. The van der Waals surface area contributed by atoms with Gasteiger partial charge in [-0.1, -0.05) is 41.9 Å². The molecule has 4 heteroatoms. The number of hydrogen-bond donors (Lipinski definition) is 0. The Hall–Kier alpha value is -2.44. The summed E-state index contributed by atoms with van der Waals surface area (Å²) in [5.74, 6) is -0.382. The average Bonchev–Trinajstić information content (AvgIpc) is 2.50. The number of aromatic nitrogens is 2. The minimum absolute atomic E-state index is 0.382. The molecule has 0 fully saturated rings. The fourth-order valence-electron chi connectivity index (χ4n) is 2.24. The molecule has 1 atom stereocenters. The molecule has 1 aromatic heterocycles. The zero-order valence-corrected chi connectivity index (χ0v) is 11.2. The lowest BCUT2D eigenvalue weighted by molar-refractivity contribution is 0.988. The molecular weight excluding hydrogens is 270 g/mol. The number of fused-ring (bicyclic) bond motifs is 1. The smallest absolute Gasteiger partial charge is 0.0984 e. The quantitative estimate of drug-likeness (QED) is 0.714. The van der Waals surface area contributed by atoms with E-state index in [0.29, 0.717) is 5.02 Å². The molecule has 20 heavy (non-hydrogen) atoms. The number of nitrogens with zero attached hydrogens (tertiary/aromatic N) is 3. The van der Waals surface area contributed by atoms with E-state index < -0.39 is 0 Å². The summed E-state index contributed by atoms with van der Waals surface area (Å²) in [6, 6.07) is 17.3. The van der Waals surface area contributed by atoms with Crippen molar-refractivity contribution in [2.75, 3.05) is 0 Å². The maximum atomic E-state index is 9.53. The number of hydrogen-bond acceptors (Lipinski definition) is 3. The molecule has 0 aliphatic carbocycles. The van der Waals surface area contributed by atoms with Gasteiger partial charge in [-0.2, -0.15) is 15.5 Å². The van der Waals surface area contributed by atoms with Gasteiger partial charge in [0.2, 0.25) is 0 Å². The van der Waals surface area contributed by atoms with Crippen LogP contribution < -0.4 is 0 Å². The monoisotopic (exact) mass is 279 g/mol. The normalized spacial score (nSPS) is 12.0. The molecule has 1 heterocycles.